The van der Waals surface area contributed by atoms with Gasteiger partial charge in [-0.05, 0) is 78.9 Å². The van der Waals surface area contributed by atoms with E-state index in [0.29, 0.717) is 33.4 Å². The van der Waals surface area contributed by atoms with E-state index in [2.05, 4.69) is 10.6 Å². The third-order valence-corrected chi connectivity index (χ3v) is 6.15. The fourth-order valence-corrected chi connectivity index (χ4v) is 4.09. The van der Waals surface area contributed by atoms with Gasteiger partial charge in [0.05, 0.1) is 5.56 Å². The van der Waals surface area contributed by atoms with Gasteiger partial charge in [-0.15, -0.1) is 0 Å². The van der Waals surface area contributed by atoms with Crippen molar-refractivity contribution in [1.29, 1.82) is 0 Å². The molecule has 2 amide bonds. The monoisotopic (exact) mass is 442 g/mol. The van der Waals surface area contributed by atoms with E-state index in [0.717, 1.165) is 30.4 Å². The quantitative estimate of drug-likeness (QED) is 0.426. The van der Waals surface area contributed by atoms with Crippen LogP contribution in [0.25, 0.3) is 33.4 Å². The molecule has 1 fully saturated rings. The normalized spacial score (nSPS) is 13.5. The molecule has 0 radical (unpaired) electrons. The Balaban J connectivity index is 1.57. The number of nitrogens with one attached hydrogen (secondary N) is 2. The minimum atomic E-state index is -0.361. The van der Waals surface area contributed by atoms with E-state index in [1.807, 2.05) is 36.4 Å². The van der Waals surface area contributed by atoms with Gasteiger partial charge in [0.1, 0.15) is 17.2 Å². The summed E-state index contributed by atoms with van der Waals surface area (Å²) >= 11 is 0. The molecule has 4 aromatic rings. The maximum Gasteiger partial charge on any atom is 0.255 e. The summed E-state index contributed by atoms with van der Waals surface area (Å²) in [5.74, 6) is -0.343. The van der Waals surface area contributed by atoms with Gasteiger partial charge < -0.3 is 15.1 Å². The molecule has 1 aliphatic rings. The molecule has 1 saturated carbocycles. The Morgan fingerprint density at radius 2 is 1.64 bits per heavy atom. The molecule has 166 valence electrons. The second kappa shape index (κ2) is 8.54. The molecule has 0 aliphatic heterocycles. The molecule has 0 atom stereocenters. The van der Waals surface area contributed by atoms with Gasteiger partial charge in [-0.3, -0.25) is 9.59 Å². The minimum absolute atomic E-state index is 0.0735. The highest BCUT2D eigenvalue weighted by Crippen LogP contribution is 2.36. The lowest BCUT2D eigenvalue weighted by atomic mass is 9.92. The topological polar surface area (TPSA) is 71.3 Å². The summed E-state index contributed by atoms with van der Waals surface area (Å²) in [7, 11) is 1.56. The maximum atomic E-state index is 13.4. The number of benzene rings is 3. The highest BCUT2D eigenvalue weighted by atomic mass is 19.1. The summed E-state index contributed by atoms with van der Waals surface area (Å²) in [6.07, 6.45) is 3.21. The summed E-state index contributed by atoms with van der Waals surface area (Å²) in [5, 5.41) is 6.38. The molecule has 3 aromatic carbocycles. The van der Waals surface area contributed by atoms with E-state index < -0.39 is 0 Å². The smallest absolute Gasteiger partial charge is 0.255 e. The minimum Gasteiger partial charge on any atom is -0.455 e. The fraction of sp³-hybridized carbons (Fsp3) is 0.185. The highest BCUT2D eigenvalue weighted by molar-refractivity contribution is 6.11. The number of carbonyl (C=O) groups is 2. The van der Waals surface area contributed by atoms with Gasteiger partial charge in [0.15, 0.2) is 0 Å². The largest absolute Gasteiger partial charge is 0.455 e. The molecule has 33 heavy (non-hydrogen) atoms. The molecule has 1 heterocycles. The molecular weight excluding hydrogens is 419 g/mol. The second-order valence-corrected chi connectivity index (χ2v) is 8.29. The van der Waals surface area contributed by atoms with Gasteiger partial charge in [-0.1, -0.05) is 18.2 Å². The summed E-state index contributed by atoms with van der Waals surface area (Å²) in [4.78, 5) is 25.4. The molecule has 0 spiro atoms. The number of hydrogen-bond donors (Lipinski definition) is 2. The summed E-state index contributed by atoms with van der Waals surface area (Å²) in [6.45, 7) is 0. The molecule has 2 N–H and O–H groups in total. The lowest BCUT2D eigenvalue weighted by Crippen LogP contribution is -2.39. The van der Waals surface area contributed by atoms with Gasteiger partial charge in [0.2, 0.25) is 0 Å². The van der Waals surface area contributed by atoms with Crippen LogP contribution in [0.3, 0.4) is 0 Å². The van der Waals surface area contributed by atoms with Gasteiger partial charge in [-0.25, -0.2) is 4.39 Å². The maximum absolute atomic E-state index is 13.4. The number of amides is 2. The van der Waals surface area contributed by atoms with Crippen LogP contribution in [0.5, 0.6) is 0 Å². The third-order valence-electron chi connectivity index (χ3n) is 6.15. The zero-order chi connectivity index (χ0) is 22.9. The zero-order valence-corrected chi connectivity index (χ0v) is 18.2. The number of carbonyl (C=O) groups excluding carboxylic acids is 2. The first-order chi connectivity index (χ1) is 16.0. The van der Waals surface area contributed by atoms with E-state index in [1.165, 1.54) is 12.1 Å². The Kier molecular flexibility index (Phi) is 5.42. The Morgan fingerprint density at radius 1 is 0.909 bits per heavy atom. The van der Waals surface area contributed by atoms with Crippen molar-refractivity contribution in [3.05, 3.63) is 83.7 Å². The molecule has 1 aliphatic carbocycles. The molecule has 1 aromatic heterocycles. The number of hydrogen-bond acceptors (Lipinski definition) is 3. The Hall–Kier alpha value is -3.93. The van der Waals surface area contributed by atoms with Crippen LogP contribution in [-0.4, -0.2) is 24.9 Å². The van der Waals surface area contributed by atoms with Crippen LogP contribution < -0.4 is 10.6 Å². The average Bonchev–Trinajstić information content (AvgIpc) is 3.20. The molecule has 0 saturated heterocycles. The van der Waals surface area contributed by atoms with Gasteiger partial charge in [0.25, 0.3) is 11.8 Å². The predicted octanol–water partition coefficient (Wildman–Crippen LogP) is 5.55. The second-order valence-electron chi connectivity index (χ2n) is 8.29. The van der Waals surface area contributed by atoms with E-state index in [9.17, 15) is 14.0 Å². The number of furan rings is 1. The number of fused-ring (bicyclic) bond motifs is 1. The van der Waals surface area contributed by atoms with Gasteiger partial charge >= 0.3 is 0 Å². The number of halogens is 1. The molecule has 5 rings (SSSR count). The van der Waals surface area contributed by atoms with Crippen molar-refractivity contribution in [3.8, 4) is 22.5 Å². The highest BCUT2D eigenvalue weighted by Gasteiger charge is 2.23. The molecule has 0 unspecified atom stereocenters. The molecular formula is C27H23FN2O3. The standard InChI is InChI=1S/C27H23FN2O3/c1-29-27(32)24-22-15-18(10-13-23(22)33-25(24)16-8-11-20(28)12-9-16)17-4-2-5-19(14-17)26(31)30-21-6-3-7-21/h2,4-5,8-15,21H,3,6-7H2,1H3,(H,29,32)(H,30,31). The Bertz CT molecular complexity index is 1350. The van der Waals surface area contributed by atoms with Crippen LogP contribution >= 0.6 is 0 Å². The van der Waals surface area contributed by atoms with E-state index in [4.69, 9.17) is 4.42 Å². The summed E-state index contributed by atoms with van der Waals surface area (Å²) in [5.41, 5.74) is 3.88. The molecule has 0 bridgehead atoms. The van der Waals surface area contributed by atoms with Crippen LogP contribution in [0.1, 0.15) is 40.0 Å². The molecule has 6 heteroatoms. The first-order valence-electron chi connectivity index (χ1n) is 11.0. The zero-order valence-electron chi connectivity index (χ0n) is 18.2. The van der Waals surface area contributed by atoms with E-state index in [1.54, 1.807) is 25.2 Å². The Morgan fingerprint density at radius 3 is 2.33 bits per heavy atom. The van der Waals surface area contributed by atoms with Crippen molar-refractivity contribution >= 4 is 22.8 Å². The van der Waals surface area contributed by atoms with Crippen molar-refractivity contribution < 1.29 is 18.4 Å². The lowest BCUT2D eigenvalue weighted by molar-refractivity contribution is 0.0915. The summed E-state index contributed by atoms with van der Waals surface area (Å²) in [6, 6.07) is 19.2. The number of rotatable bonds is 5. The summed E-state index contributed by atoms with van der Waals surface area (Å²) < 4.78 is 19.4. The first kappa shape index (κ1) is 20.9. The van der Waals surface area contributed by atoms with Crippen molar-refractivity contribution in [2.45, 2.75) is 25.3 Å². The van der Waals surface area contributed by atoms with Crippen molar-refractivity contribution in [2.75, 3.05) is 7.05 Å². The van der Waals surface area contributed by atoms with E-state index >= 15 is 0 Å². The SMILES string of the molecule is CNC(=O)c1c(-c2ccc(F)cc2)oc2ccc(-c3cccc(C(=O)NC4CCC4)c3)cc12. The fourth-order valence-electron chi connectivity index (χ4n) is 4.09. The predicted molar refractivity (Wildman–Crippen MR) is 126 cm³/mol. The Labute approximate surface area is 190 Å². The van der Waals surface area contributed by atoms with Crippen LogP contribution in [0.15, 0.2) is 71.1 Å². The van der Waals surface area contributed by atoms with Crippen LogP contribution in [0.4, 0.5) is 4.39 Å². The lowest BCUT2D eigenvalue weighted by Gasteiger charge is -2.26. The van der Waals surface area contributed by atoms with Crippen LogP contribution in [-0.2, 0) is 0 Å². The van der Waals surface area contributed by atoms with Gasteiger partial charge in [-0.2, -0.15) is 0 Å². The van der Waals surface area contributed by atoms with Crippen molar-refractivity contribution in [1.82, 2.24) is 10.6 Å². The average molecular weight is 442 g/mol. The van der Waals surface area contributed by atoms with Gasteiger partial charge in [0, 0.05) is 29.6 Å². The first-order valence-corrected chi connectivity index (χ1v) is 11.0. The third kappa shape index (κ3) is 4.00. The van der Waals surface area contributed by atoms with Crippen molar-refractivity contribution in [2.24, 2.45) is 0 Å². The van der Waals surface area contributed by atoms with E-state index in [-0.39, 0.29) is 23.7 Å². The molecule has 5 nitrogen and oxygen atoms in total. The van der Waals surface area contributed by atoms with Crippen molar-refractivity contribution in [3.63, 3.8) is 0 Å². The van der Waals surface area contributed by atoms with Crippen LogP contribution in [0.2, 0.25) is 0 Å². The van der Waals surface area contributed by atoms with Crippen LogP contribution in [0, 0.1) is 5.82 Å².